The van der Waals surface area contributed by atoms with E-state index in [2.05, 4.69) is 27.8 Å². The van der Waals surface area contributed by atoms with Crippen molar-refractivity contribution >= 4 is 22.0 Å². The van der Waals surface area contributed by atoms with Gasteiger partial charge in [0, 0.05) is 11.0 Å². The van der Waals surface area contributed by atoms with Crippen LogP contribution in [0.15, 0.2) is 65.7 Å². The number of nitrogens with one attached hydrogen (secondary N) is 1. The van der Waals surface area contributed by atoms with Gasteiger partial charge in [0.15, 0.2) is 0 Å². The number of hydrogen-bond donors (Lipinski definition) is 1. The highest BCUT2D eigenvalue weighted by Crippen LogP contribution is 2.43. The van der Waals surface area contributed by atoms with Crippen LogP contribution in [-0.2, 0) is 5.54 Å². The van der Waals surface area contributed by atoms with E-state index >= 15 is 0 Å². The predicted molar refractivity (Wildman–Crippen MR) is 105 cm³/mol. The van der Waals surface area contributed by atoms with E-state index in [4.69, 9.17) is 0 Å². The number of urea groups is 1. The Morgan fingerprint density at radius 1 is 1.27 bits per heavy atom. The zero-order valence-electron chi connectivity index (χ0n) is 14.7. The molecule has 3 rings (SSSR count). The van der Waals surface area contributed by atoms with E-state index in [1.807, 2.05) is 42.2 Å². The van der Waals surface area contributed by atoms with Crippen molar-refractivity contribution in [2.45, 2.75) is 31.3 Å². The molecule has 0 unspecified atom stereocenters. The lowest BCUT2D eigenvalue weighted by molar-refractivity contribution is 0.0545. The largest absolute Gasteiger partial charge is 0.338 e. The maximum atomic E-state index is 13.5. The molecular weight excluding hydrogens is 395 g/mol. The molecule has 0 bridgehead atoms. The van der Waals surface area contributed by atoms with Gasteiger partial charge in [-0.15, -0.1) is 6.58 Å². The third kappa shape index (κ3) is 3.40. The van der Waals surface area contributed by atoms with Gasteiger partial charge in [0.1, 0.15) is 5.82 Å². The molecule has 1 aliphatic heterocycles. The van der Waals surface area contributed by atoms with E-state index in [9.17, 15) is 9.18 Å². The Hall–Kier alpha value is -2.14. The van der Waals surface area contributed by atoms with Crippen LogP contribution in [0.1, 0.15) is 36.9 Å². The molecule has 0 spiro atoms. The van der Waals surface area contributed by atoms with Gasteiger partial charge in [-0.1, -0.05) is 46.3 Å². The van der Waals surface area contributed by atoms with Crippen LogP contribution in [0.3, 0.4) is 0 Å². The third-order valence-corrected chi connectivity index (χ3v) is 5.63. The molecule has 0 radical (unpaired) electrons. The summed E-state index contributed by atoms with van der Waals surface area (Å²) in [5.74, 6) is -0.282. The van der Waals surface area contributed by atoms with Crippen molar-refractivity contribution in [2.75, 3.05) is 6.54 Å². The third-order valence-electron chi connectivity index (χ3n) is 5.10. The summed E-state index contributed by atoms with van der Waals surface area (Å²) in [6, 6.07) is 14.2. The van der Waals surface area contributed by atoms with Gasteiger partial charge in [-0.05, 0) is 55.2 Å². The molecule has 0 aliphatic carbocycles. The van der Waals surface area contributed by atoms with Crippen LogP contribution in [-0.4, -0.2) is 17.5 Å². The Morgan fingerprint density at radius 2 is 1.92 bits per heavy atom. The molecule has 136 valence electrons. The van der Waals surface area contributed by atoms with E-state index in [1.54, 1.807) is 12.1 Å². The lowest BCUT2D eigenvalue weighted by Gasteiger charge is -2.50. The molecule has 1 N–H and O–H groups in total. The van der Waals surface area contributed by atoms with Crippen LogP contribution in [0, 0.1) is 5.82 Å². The molecule has 0 aromatic heterocycles. The lowest BCUT2D eigenvalue weighted by atomic mass is 9.79. The fraction of sp³-hybridized carbons (Fsp3) is 0.286. The molecule has 0 saturated carbocycles. The fourth-order valence-electron chi connectivity index (χ4n) is 3.81. The van der Waals surface area contributed by atoms with Crippen molar-refractivity contribution in [3.05, 3.63) is 82.6 Å². The second-order valence-electron chi connectivity index (χ2n) is 6.61. The summed E-state index contributed by atoms with van der Waals surface area (Å²) in [6.45, 7) is 6.51. The summed E-state index contributed by atoms with van der Waals surface area (Å²) in [7, 11) is 0. The van der Waals surface area contributed by atoms with Gasteiger partial charge in [0.25, 0.3) is 0 Å². The fourth-order valence-corrected chi connectivity index (χ4v) is 4.08. The highest BCUT2D eigenvalue weighted by Gasteiger charge is 2.45. The van der Waals surface area contributed by atoms with Crippen LogP contribution in [0.5, 0.6) is 0 Å². The number of rotatable bonds is 5. The summed E-state index contributed by atoms with van der Waals surface area (Å²) < 4.78 is 14.5. The first-order valence-electron chi connectivity index (χ1n) is 8.67. The Morgan fingerprint density at radius 3 is 2.54 bits per heavy atom. The van der Waals surface area contributed by atoms with E-state index in [0.717, 1.165) is 22.0 Å². The number of benzene rings is 2. The second kappa shape index (κ2) is 7.62. The Bertz CT molecular complexity index is 791. The van der Waals surface area contributed by atoms with Crippen molar-refractivity contribution in [2.24, 2.45) is 0 Å². The van der Waals surface area contributed by atoms with Crippen LogP contribution in [0.4, 0.5) is 9.18 Å². The monoisotopic (exact) mass is 416 g/mol. The first kappa shape index (κ1) is 18.6. The van der Waals surface area contributed by atoms with Gasteiger partial charge in [-0.3, -0.25) is 0 Å². The summed E-state index contributed by atoms with van der Waals surface area (Å²) in [4.78, 5) is 14.8. The number of carbonyl (C=O) groups is 1. The van der Waals surface area contributed by atoms with Crippen LogP contribution in [0.25, 0.3) is 0 Å². The maximum Gasteiger partial charge on any atom is 0.318 e. The predicted octanol–water partition coefficient (Wildman–Crippen LogP) is 5.54. The smallest absolute Gasteiger partial charge is 0.318 e. The average molecular weight is 417 g/mol. The van der Waals surface area contributed by atoms with E-state index in [0.29, 0.717) is 13.0 Å². The number of halogens is 2. The Kier molecular flexibility index (Phi) is 5.47. The summed E-state index contributed by atoms with van der Waals surface area (Å²) in [6.07, 6.45) is 3.17. The van der Waals surface area contributed by atoms with Gasteiger partial charge in [0.05, 0.1) is 11.6 Å². The standard InChI is InChI=1S/C21H22BrFN2O/c1-3-12-21(17-6-10-19(23)11-7-17)13-14-24-20(26)25(21)15(2)16-4-8-18(22)9-5-16/h3-11,15H,1,12-14H2,2H3,(H,24,26)/t15-,21-/m0/s1. The number of amides is 2. The normalized spacial score (nSPS) is 21.2. The van der Waals surface area contributed by atoms with E-state index < -0.39 is 5.54 Å². The Balaban J connectivity index is 2.09. The summed E-state index contributed by atoms with van der Waals surface area (Å²) in [5.41, 5.74) is 1.42. The number of carbonyl (C=O) groups excluding carboxylic acids is 1. The Labute approximate surface area is 162 Å². The molecule has 2 aromatic rings. The summed E-state index contributed by atoms with van der Waals surface area (Å²) in [5, 5.41) is 2.96. The molecule has 5 heteroatoms. The van der Waals surface area contributed by atoms with Gasteiger partial charge < -0.3 is 10.2 Å². The first-order valence-corrected chi connectivity index (χ1v) is 9.47. The van der Waals surface area contributed by atoms with Crippen LogP contribution in [0.2, 0.25) is 0 Å². The molecule has 3 nitrogen and oxygen atoms in total. The zero-order valence-corrected chi connectivity index (χ0v) is 16.3. The van der Waals surface area contributed by atoms with Crippen molar-refractivity contribution in [1.29, 1.82) is 0 Å². The highest BCUT2D eigenvalue weighted by atomic mass is 79.9. The minimum atomic E-state index is -0.551. The van der Waals surface area contributed by atoms with Crippen molar-refractivity contribution in [1.82, 2.24) is 10.2 Å². The van der Waals surface area contributed by atoms with E-state index in [-0.39, 0.29) is 17.9 Å². The van der Waals surface area contributed by atoms with Crippen LogP contribution < -0.4 is 5.32 Å². The minimum absolute atomic E-state index is 0.113. The highest BCUT2D eigenvalue weighted by molar-refractivity contribution is 9.10. The van der Waals surface area contributed by atoms with Crippen molar-refractivity contribution in [3.8, 4) is 0 Å². The molecule has 26 heavy (non-hydrogen) atoms. The van der Waals surface area contributed by atoms with Crippen LogP contribution >= 0.6 is 15.9 Å². The molecule has 1 fully saturated rings. The lowest BCUT2D eigenvalue weighted by Crippen LogP contribution is -2.59. The van der Waals surface area contributed by atoms with Crippen molar-refractivity contribution < 1.29 is 9.18 Å². The maximum absolute atomic E-state index is 13.5. The molecule has 2 atom stereocenters. The van der Waals surface area contributed by atoms with Gasteiger partial charge in [-0.25, -0.2) is 9.18 Å². The van der Waals surface area contributed by atoms with Gasteiger partial charge in [0.2, 0.25) is 0 Å². The SMILES string of the molecule is C=CC[C@@]1(c2ccc(F)cc2)CCNC(=O)N1[C@@H](C)c1ccc(Br)cc1. The molecule has 1 saturated heterocycles. The molecule has 2 amide bonds. The molecule has 2 aromatic carbocycles. The van der Waals surface area contributed by atoms with Crippen molar-refractivity contribution in [3.63, 3.8) is 0 Å². The summed E-state index contributed by atoms with van der Waals surface area (Å²) >= 11 is 3.45. The quantitative estimate of drug-likeness (QED) is 0.637. The van der Waals surface area contributed by atoms with E-state index in [1.165, 1.54) is 12.1 Å². The van der Waals surface area contributed by atoms with Gasteiger partial charge in [-0.2, -0.15) is 0 Å². The topological polar surface area (TPSA) is 32.3 Å². The minimum Gasteiger partial charge on any atom is -0.338 e. The first-order chi connectivity index (χ1) is 12.5. The average Bonchev–Trinajstić information content (AvgIpc) is 2.63. The molecular formula is C21H22BrFN2O. The molecule has 1 heterocycles. The van der Waals surface area contributed by atoms with Gasteiger partial charge >= 0.3 is 6.03 Å². The number of nitrogens with zero attached hydrogens (tertiary/aromatic N) is 1. The second-order valence-corrected chi connectivity index (χ2v) is 7.53. The zero-order chi connectivity index (χ0) is 18.7. The molecule has 1 aliphatic rings. The number of hydrogen-bond acceptors (Lipinski definition) is 1.